The molecule has 0 spiro atoms. The van der Waals surface area contributed by atoms with Gasteiger partial charge in [-0.15, -0.1) is 5.92 Å². The van der Waals surface area contributed by atoms with Crippen LogP contribution in [-0.2, 0) is 0 Å². The largest absolute Gasteiger partial charge is 0.103 e. The minimum atomic E-state index is 0.946. The fourth-order valence-electron chi connectivity index (χ4n) is 1.93. The van der Waals surface area contributed by atoms with Crippen LogP contribution in [0.4, 0.5) is 0 Å². The van der Waals surface area contributed by atoms with Crippen molar-refractivity contribution in [3.05, 3.63) is 12.2 Å². The van der Waals surface area contributed by atoms with E-state index >= 15 is 0 Å². The Kier molecular flexibility index (Phi) is 15.7. The number of rotatable bonds is 11. The standard InChI is InChI=1S/C18H32/c1-3-5-7-9-11-13-15-17-18-16-14-12-10-8-6-4-2/h11,13H,3-10,12,14-16H2,1-2H3. The molecule has 0 saturated heterocycles. The predicted molar refractivity (Wildman–Crippen MR) is 83.7 cm³/mol. The summed E-state index contributed by atoms with van der Waals surface area (Å²) < 4.78 is 0. The Morgan fingerprint density at radius 2 is 1.33 bits per heavy atom. The van der Waals surface area contributed by atoms with Crippen LogP contribution in [0.2, 0.25) is 0 Å². The van der Waals surface area contributed by atoms with Gasteiger partial charge in [0.25, 0.3) is 0 Å². The molecule has 0 aromatic rings. The van der Waals surface area contributed by atoms with E-state index in [4.69, 9.17) is 0 Å². The lowest BCUT2D eigenvalue weighted by atomic mass is 10.1. The first kappa shape index (κ1) is 17.3. The van der Waals surface area contributed by atoms with E-state index in [1.807, 2.05) is 0 Å². The van der Waals surface area contributed by atoms with Crippen molar-refractivity contribution in [3.63, 3.8) is 0 Å². The summed E-state index contributed by atoms with van der Waals surface area (Å²) in [5.74, 6) is 6.52. The molecule has 18 heavy (non-hydrogen) atoms. The first-order valence-corrected chi connectivity index (χ1v) is 8.02. The van der Waals surface area contributed by atoms with Crippen molar-refractivity contribution in [2.45, 2.75) is 90.9 Å². The van der Waals surface area contributed by atoms with Crippen molar-refractivity contribution < 1.29 is 0 Å². The Hall–Kier alpha value is -0.700. The lowest BCUT2D eigenvalue weighted by Gasteiger charge is -1.96. The Labute approximate surface area is 115 Å². The Bertz CT molecular complexity index is 226. The molecular weight excluding hydrogens is 216 g/mol. The molecule has 0 fully saturated rings. The molecule has 0 unspecified atom stereocenters. The summed E-state index contributed by atoms with van der Waals surface area (Å²) >= 11 is 0. The predicted octanol–water partition coefficient (Wildman–Crippen LogP) is 6.27. The molecule has 104 valence electrons. The first-order chi connectivity index (χ1) is 8.91. The number of allylic oxidation sites excluding steroid dienone is 2. The fourth-order valence-corrected chi connectivity index (χ4v) is 1.93. The Morgan fingerprint density at radius 1 is 0.667 bits per heavy atom. The van der Waals surface area contributed by atoms with E-state index in [0.717, 1.165) is 12.8 Å². The monoisotopic (exact) mass is 248 g/mol. The molecule has 0 heterocycles. The van der Waals surface area contributed by atoms with Gasteiger partial charge in [-0.3, -0.25) is 0 Å². The highest BCUT2D eigenvalue weighted by Gasteiger charge is 1.87. The van der Waals surface area contributed by atoms with Crippen molar-refractivity contribution in [2.75, 3.05) is 0 Å². The topological polar surface area (TPSA) is 0 Å². The van der Waals surface area contributed by atoms with Gasteiger partial charge in [0.2, 0.25) is 0 Å². The smallest absolute Gasteiger partial charge is 0.0269 e. The van der Waals surface area contributed by atoms with Gasteiger partial charge in [0, 0.05) is 12.8 Å². The van der Waals surface area contributed by atoms with Crippen LogP contribution in [0.15, 0.2) is 12.2 Å². The molecule has 0 aromatic carbocycles. The van der Waals surface area contributed by atoms with Crippen LogP contribution in [0, 0.1) is 11.8 Å². The fraction of sp³-hybridized carbons (Fsp3) is 0.778. The van der Waals surface area contributed by atoms with Gasteiger partial charge in [-0.05, 0) is 19.3 Å². The lowest BCUT2D eigenvalue weighted by molar-refractivity contribution is 0.614. The molecule has 0 rings (SSSR count). The van der Waals surface area contributed by atoms with Crippen LogP contribution in [-0.4, -0.2) is 0 Å². The van der Waals surface area contributed by atoms with Crippen LogP contribution in [0.1, 0.15) is 90.9 Å². The second kappa shape index (κ2) is 16.3. The van der Waals surface area contributed by atoms with Gasteiger partial charge in [0.05, 0.1) is 0 Å². The summed E-state index contributed by atoms with van der Waals surface area (Å²) in [5, 5.41) is 0. The lowest BCUT2D eigenvalue weighted by Crippen LogP contribution is -1.77. The zero-order valence-electron chi connectivity index (χ0n) is 12.6. The maximum Gasteiger partial charge on any atom is 0.0269 e. The molecule has 0 saturated carbocycles. The molecule has 0 aliphatic rings. The summed E-state index contributed by atoms with van der Waals surface area (Å²) in [7, 11) is 0. The van der Waals surface area contributed by atoms with E-state index in [1.54, 1.807) is 0 Å². The summed E-state index contributed by atoms with van der Waals surface area (Å²) in [4.78, 5) is 0. The maximum atomic E-state index is 3.28. The molecule has 0 heteroatoms. The van der Waals surface area contributed by atoms with Crippen LogP contribution in [0.3, 0.4) is 0 Å². The molecular formula is C18H32. The van der Waals surface area contributed by atoms with Crippen molar-refractivity contribution in [1.29, 1.82) is 0 Å². The van der Waals surface area contributed by atoms with Gasteiger partial charge in [-0.25, -0.2) is 0 Å². The highest BCUT2D eigenvalue weighted by Crippen LogP contribution is 2.06. The number of hydrogen-bond acceptors (Lipinski definition) is 0. The zero-order valence-corrected chi connectivity index (χ0v) is 12.6. The highest BCUT2D eigenvalue weighted by molar-refractivity contribution is 5.04. The third-order valence-corrected chi connectivity index (χ3v) is 3.14. The van der Waals surface area contributed by atoms with E-state index in [-0.39, 0.29) is 0 Å². The second-order valence-corrected chi connectivity index (χ2v) is 5.04. The van der Waals surface area contributed by atoms with Crippen molar-refractivity contribution >= 4 is 0 Å². The van der Waals surface area contributed by atoms with Gasteiger partial charge in [0.1, 0.15) is 0 Å². The summed E-state index contributed by atoms with van der Waals surface area (Å²) in [6.07, 6.45) is 20.0. The van der Waals surface area contributed by atoms with Gasteiger partial charge >= 0.3 is 0 Å². The minimum Gasteiger partial charge on any atom is -0.103 e. The van der Waals surface area contributed by atoms with Crippen molar-refractivity contribution in [1.82, 2.24) is 0 Å². The maximum absolute atomic E-state index is 3.28. The van der Waals surface area contributed by atoms with Crippen LogP contribution < -0.4 is 0 Å². The SMILES string of the molecule is CCCCCC=CCC#CCCCCCCCC. The van der Waals surface area contributed by atoms with E-state index in [9.17, 15) is 0 Å². The summed E-state index contributed by atoms with van der Waals surface area (Å²) in [6, 6.07) is 0. The quantitative estimate of drug-likeness (QED) is 0.230. The molecule has 0 N–H and O–H groups in total. The van der Waals surface area contributed by atoms with Crippen LogP contribution in [0.5, 0.6) is 0 Å². The van der Waals surface area contributed by atoms with E-state index in [1.165, 1.54) is 64.2 Å². The van der Waals surface area contributed by atoms with Crippen LogP contribution >= 0.6 is 0 Å². The van der Waals surface area contributed by atoms with Crippen molar-refractivity contribution in [3.8, 4) is 11.8 Å². The normalized spacial score (nSPS) is 10.6. The Balaban J connectivity index is 3.18. The molecule has 0 bridgehead atoms. The van der Waals surface area contributed by atoms with Crippen LogP contribution in [0.25, 0.3) is 0 Å². The second-order valence-electron chi connectivity index (χ2n) is 5.04. The number of hydrogen-bond donors (Lipinski definition) is 0. The molecule has 0 aliphatic heterocycles. The van der Waals surface area contributed by atoms with Gasteiger partial charge in [-0.1, -0.05) is 76.9 Å². The van der Waals surface area contributed by atoms with E-state index in [0.29, 0.717) is 0 Å². The van der Waals surface area contributed by atoms with Gasteiger partial charge in [0.15, 0.2) is 0 Å². The van der Waals surface area contributed by atoms with Gasteiger partial charge in [-0.2, -0.15) is 0 Å². The minimum absolute atomic E-state index is 0.946. The molecule has 0 atom stereocenters. The van der Waals surface area contributed by atoms with Crippen molar-refractivity contribution in [2.24, 2.45) is 0 Å². The Morgan fingerprint density at radius 3 is 2.11 bits per heavy atom. The van der Waals surface area contributed by atoms with E-state index < -0.39 is 0 Å². The average Bonchev–Trinajstić information content (AvgIpc) is 2.39. The molecule has 0 amide bonds. The third kappa shape index (κ3) is 15.3. The molecule has 0 radical (unpaired) electrons. The first-order valence-electron chi connectivity index (χ1n) is 8.02. The molecule has 0 aliphatic carbocycles. The third-order valence-electron chi connectivity index (χ3n) is 3.14. The number of unbranched alkanes of at least 4 members (excludes halogenated alkanes) is 9. The zero-order chi connectivity index (χ0) is 13.3. The summed E-state index contributed by atoms with van der Waals surface area (Å²) in [5.41, 5.74) is 0. The molecule has 0 nitrogen and oxygen atoms in total. The van der Waals surface area contributed by atoms with E-state index in [2.05, 4.69) is 37.8 Å². The average molecular weight is 248 g/mol. The summed E-state index contributed by atoms with van der Waals surface area (Å²) in [6.45, 7) is 4.51. The highest BCUT2D eigenvalue weighted by atomic mass is 13.9. The van der Waals surface area contributed by atoms with Gasteiger partial charge < -0.3 is 0 Å². The molecule has 0 aromatic heterocycles.